The molecular weight excluding hydrogens is 194 g/mol. The van der Waals surface area contributed by atoms with Crippen LogP contribution in [0.15, 0.2) is 0 Å². The van der Waals surface area contributed by atoms with Crippen LogP contribution in [0.3, 0.4) is 0 Å². The van der Waals surface area contributed by atoms with Gasteiger partial charge in [-0.15, -0.1) is 0 Å². The lowest BCUT2D eigenvalue weighted by molar-refractivity contribution is 0.0964. The molecule has 2 heteroatoms. The van der Waals surface area contributed by atoms with Crippen LogP contribution in [0.25, 0.3) is 0 Å². The fourth-order valence-corrected chi connectivity index (χ4v) is 2.11. The molecule has 1 unspecified atom stereocenters. The van der Waals surface area contributed by atoms with E-state index in [0.717, 1.165) is 19.3 Å². The minimum atomic E-state index is -2.29. The third-order valence-electron chi connectivity index (χ3n) is 3.36. The van der Waals surface area contributed by atoms with Gasteiger partial charge in [-0.1, -0.05) is 58.3 Å². The van der Waals surface area contributed by atoms with E-state index in [1.165, 1.54) is 38.5 Å². The Kier molecular flexibility index (Phi) is 5.55. The molecule has 0 nitrogen and oxygen atoms in total. The van der Waals surface area contributed by atoms with Crippen molar-refractivity contribution < 1.29 is 8.78 Å². The Balaban J connectivity index is 1.74. The highest BCUT2D eigenvalue weighted by atomic mass is 19.3. The van der Waals surface area contributed by atoms with Crippen LogP contribution in [0.1, 0.15) is 71.1 Å². The van der Waals surface area contributed by atoms with Gasteiger partial charge in [0, 0.05) is 12.3 Å². The summed E-state index contributed by atoms with van der Waals surface area (Å²) in [5, 5.41) is 0. The molecule has 0 N–H and O–H groups in total. The summed E-state index contributed by atoms with van der Waals surface area (Å²) in [6.07, 6.45) is 10.9. The lowest BCUT2D eigenvalue weighted by atomic mass is 10.1. The maximum atomic E-state index is 12.5. The maximum Gasteiger partial charge on any atom is 0.251 e. The van der Waals surface area contributed by atoms with Gasteiger partial charge in [-0.2, -0.15) is 0 Å². The Labute approximate surface area is 92.4 Å². The van der Waals surface area contributed by atoms with E-state index >= 15 is 0 Å². The summed E-state index contributed by atoms with van der Waals surface area (Å²) >= 11 is 0. The zero-order valence-corrected chi connectivity index (χ0v) is 9.90. The summed E-state index contributed by atoms with van der Waals surface area (Å²) in [7, 11) is 0. The number of halogens is 2. The molecule has 0 radical (unpaired) electrons. The Morgan fingerprint density at radius 2 is 1.40 bits per heavy atom. The third-order valence-corrected chi connectivity index (χ3v) is 3.36. The molecule has 0 aromatic carbocycles. The van der Waals surface area contributed by atoms with Crippen molar-refractivity contribution in [1.82, 2.24) is 0 Å². The Hall–Kier alpha value is -0.140. The molecule has 0 aromatic heterocycles. The minimum Gasteiger partial charge on any atom is -0.207 e. The molecule has 0 saturated heterocycles. The van der Waals surface area contributed by atoms with Crippen molar-refractivity contribution in [3.05, 3.63) is 0 Å². The van der Waals surface area contributed by atoms with Crippen molar-refractivity contribution in [2.75, 3.05) is 0 Å². The molecule has 1 rings (SSSR count). The van der Waals surface area contributed by atoms with Crippen molar-refractivity contribution >= 4 is 0 Å². The second-order valence-corrected chi connectivity index (χ2v) is 4.93. The lowest BCUT2D eigenvalue weighted by Gasteiger charge is -2.01. The van der Waals surface area contributed by atoms with E-state index in [4.69, 9.17) is 0 Å². The van der Waals surface area contributed by atoms with Crippen LogP contribution in [0.2, 0.25) is 0 Å². The molecule has 0 aliphatic heterocycles. The Morgan fingerprint density at radius 1 is 0.933 bits per heavy atom. The van der Waals surface area contributed by atoms with Crippen molar-refractivity contribution in [1.29, 1.82) is 0 Å². The predicted octanol–water partition coefficient (Wildman–Crippen LogP) is 5.17. The fraction of sp³-hybridized carbons (Fsp3) is 1.00. The van der Waals surface area contributed by atoms with Crippen LogP contribution in [-0.4, -0.2) is 5.92 Å². The van der Waals surface area contributed by atoms with Gasteiger partial charge in [0.1, 0.15) is 0 Å². The highest BCUT2D eigenvalue weighted by Crippen LogP contribution is 2.51. The number of alkyl halides is 2. The second kappa shape index (κ2) is 6.44. The van der Waals surface area contributed by atoms with E-state index in [1.54, 1.807) is 0 Å². The standard InChI is InChI=1S/C13H24F2/c1-2-3-4-5-6-7-8-9-10-12-11-13(12,14)15/h12H,2-11H2,1H3. The fourth-order valence-electron chi connectivity index (χ4n) is 2.11. The SMILES string of the molecule is CCCCCCCCCCC1CC1(F)F. The van der Waals surface area contributed by atoms with Gasteiger partial charge in [-0.3, -0.25) is 0 Å². The molecule has 1 aliphatic carbocycles. The number of hydrogen-bond acceptors (Lipinski definition) is 0. The van der Waals surface area contributed by atoms with Crippen LogP contribution in [0.5, 0.6) is 0 Å². The molecule has 90 valence electrons. The van der Waals surface area contributed by atoms with E-state index < -0.39 is 5.92 Å². The van der Waals surface area contributed by atoms with Gasteiger partial charge < -0.3 is 0 Å². The van der Waals surface area contributed by atoms with Crippen molar-refractivity contribution in [3.8, 4) is 0 Å². The first-order chi connectivity index (χ1) is 7.17. The summed E-state index contributed by atoms with van der Waals surface area (Å²) in [4.78, 5) is 0. The van der Waals surface area contributed by atoms with Crippen molar-refractivity contribution in [2.45, 2.75) is 77.1 Å². The summed E-state index contributed by atoms with van der Waals surface area (Å²) in [5.41, 5.74) is 0. The first kappa shape index (κ1) is 12.9. The summed E-state index contributed by atoms with van der Waals surface area (Å²) in [6, 6.07) is 0. The van der Waals surface area contributed by atoms with E-state index in [1.807, 2.05) is 0 Å². The second-order valence-electron chi connectivity index (χ2n) is 4.93. The highest BCUT2D eigenvalue weighted by molar-refractivity contribution is 4.94. The highest BCUT2D eigenvalue weighted by Gasteiger charge is 2.55. The third kappa shape index (κ3) is 5.48. The molecule has 0 bridgehead atoms. The maximum absolute atomic E-state index is 12.5. The zero-order chi connectivity index (χ0) is 11.1. The molecule has 1 aliphatic rings. The van der Waals surface area contributed by atoms with Crippen LogP contribution >= 0.6 is 0 Å². The predicted molar refractivity (Wildman–Crippen MR) is 60.3 cm³/mol. The number of hydrogen-bond donors (Lipinski definition) is 0. The van der Waals surface area contributed by atoms with Crippen LogP contribution in [0.4, 0.5) is 8.78 Å². The molecule has 1 fully saturated rings. The molecule has 1 atom stereocenters. The summed E-state index contributed by atoms with van der Waals surface area (Å²) in [5.74, 6) is -2.56. The monoisotopic (exact) mass is 218 g/mol. The average molecular weight is 218 g/mol. The van der Waals surface area contributed by atoms with Gasteiger partial charge in [0.15, 0.2) is 0 Å². The number of rotatable bonds is 9. The van der Waals surface area contributed by atoms with E-state index in [-0.39, 0.29) is 12.3 Å². The first-order valence-electron chi connectivity index (χ1n) is 6.54. The molecule has 0 amide bonds. The topological polar surface area (TPSA) is 0 Å². The Morgan fingerprint density at radius 3 is 1.87 bits per heavy atom. The number of unbranched alkanes of at least 4 members (excludes halogenated alkanes) is 7. The molecule has 0 aromatic rings. The van der Waals surface area contributed by atoms with Gasteiger partial charge in [0.25, 0.3) is 5.92 Å². The zero-order valence-electron chi connectivity index (χ0n) is 9.90. The first-order valence-corrected chi connectivity index (χ1v) is 6.54. The van der Waals surface area contributed by atoms with Crippen molar-refractivity contribution in [2.24, 2.45) is 5.92 Å². The molecule has 0 heterocycles. The molecular formula is C13H24F2. The normalized spacial score (nSPS) is 23.0. The van der Waals surface area contributed by atoms with Crippen molar-refractivity contribution in [3.63, 3.8) is 0 Å². The molecule has 15 heavy (non-hydrogen) atoms. The largest absolute Gasteiger partial charge is 0.251 e. The van der Waals surface area contributed by atoms with Gasteiger partial charge in [-0.05, 0) is 6.42 Å². The van der Waals surface area contributed by atoms with E-state index in [0.29, 0.717) is 0 Å². The van der Waals surface area contributed by atoms with E-state index in [2.05, 4.69) is 6.92 Å². The van der Waals surface area contributed by atoms with Gasteiger partial charge in [0.2, 0.25) is 0 Å². The van der Waals surface area contributed by atoms with Crippen LogP contribution in [-0.2, 0) is 0 Å². The quantitative estimate of drug-likeness (QED) is 0.468. The summed E-state index contributed by atoms with van der Waals surface area (Å²) < 4.78 is 25.0. The molecule has 0 spiro atoms. The smallest absolute Gasteiger partial charge is 0.207 e. The van der Waals surface area contributed by atoms with Gasteiger partial charge in [0.05, 0.1) is 0 Å². The van der Waals surface area contributed by atoms with E-state index in [9.17, 15) is 8.78 Å². The van der Waals surface area contributed by atoms with Crippen LogP contribution < -0.4 is 0 Å². The van der Waals surface area contributed by atoms with Gasteiger partial charge in [-0.25, -0.2) is 8.78 Å². The Bertz CT molecular complexity index is 166. The summed E-state index contributed by atoms with van der Waals surface area (Å²) in [6.45, 7) is 2.22. The minimum absolute atomic E-state index is 0.156. The van der Waals surface area contributed by atoms with Crippen LogP contribution in [0, 0.1) is 5.92 Å². The average Bonchev–Trinajstić information content (AvgIpc) is 2.79. The lowest BCUT2D eigenvalue weighted by Crippen LogP contribution is -1.93. The van der Waals surface area contributed by atoms with Gasteiger partial charge >= 0.3 is 0 Å². The molecule has 1 saturated carbocycles.